The van der Waals surface area contributed by atoms with Gasteiger partial charge in [-0.2, -0.15) is 0 Å². The number of nitrogens with one attached hydrogen (secondary N) is 1. The van der Waals surface area contributed by atoms with Gasteiger partial charge in [0.1, 0.15) is 5.75 Å². The highest BCUT2D eigenvalue weighted by atomic mass is 32.2. The zero-order valence-electron chi connectivity index (χ0n) is 24.0. The number of aromatic hydroxyl groups is 1. The highest BCUT2D eigenvalue weighted by Gasteiger charge is 2.27. The highest BCUT2D eigenvalue weighted by molar-refractivity contribution is 7.80. The molecule has 0 bridgehead atoms. The Balaban J connectivity index is 2.02. The minimum atomic E-state index is -2.34. The molecular weight excluding hydrogens is 562 g/mol. The molecule has 0 saturated heterocycles. The van der Waals surface area contributed by atoms with Crippen molar-refractivity contribution in [2.45, 2.75) is 34.1 Å². The van der Waals surface area contributed by atoms with E-state index < -0.39 is 23.2 Å². The fraction of sp³-hybridized carbons (Fsp3) is 0.310. The average Bonchev–Trinajstić information content (AvgIpc) is 3.50. The monoisotopic (exact) mass is 595 g/mol. The molecule has 42 heavy (non-hydrogen) atoms. The van der Waals surface area contributed by atoms with Crippen LogP contribution in [0.1, 0.15) is 47.8 Å². The smallest absolute Gasteiger partial charge is 0.340 e. The molecule has 0 aliphatic rings. The molecule has 2 aromatic carbocycles. The van der Waals surface area contributed by atoms with Gasteiger partial charge in [-0.05, 0) is 75.2 Å². The molecule has 0 spiro atoms. The zero-order chi connectivity index (χ0) is 30.6. The van der Waals surface area contributed by atoms with Crippen molar-refractivity contribution in [3.63, 3.8) is 0 Å². The number of phenols is 1. The lowest BCUT2D eigenvalue weighted by atomic mass is 10.0. The van der Waals surface area contributed by atoms with Crippen LogP contribution in [0.2, 0.25) is 0 Å². The van der Waals surface area contributed by atoms with E-state index in [0.717, 1.165) is 29.9 Å². The van der Waals surface area contributed by atoms with E-state index in [1.807, 2.05) is 19.1 Å². The van der Waals surface area contributed by atoms with Gasteiger partial charge in [0.05, 0.1) is 36.6 Å². The molecule has 2 heterocycles. The fourth-order valence-corrected chi connectivity index (χ4v) is 5.07. The molecule has 0 radical (unpaired) electrons. The van der Waals surface area contributed by atoms with E-state index in [2.05, 4.69) is 39.6 Å². The van der Waals surface area contributed by atoms with Crippen molar-refractivity contribution in [3.8, 4) is 17.1 Å². The van der Waals surface area contributed by atoms with Gasteiger partial charge in [-0.25, -0.2) is 18.5 Å². The molecule has 0 amide bonds. The summed E-state index contributed by atoms with van der Waals surface area (Å²) in [5.74, 6) is -1.34. The molecule has 3 N–H and O–H groups in total. The summed E-state index contributed by atoms with van der Waals surface area (Å²) >= 11 is -2.34. The molecule has 1 unspecified atom stereocenters. The minimum Gasteiger partial charge on any atom is -0.507 e. The lowest BCUT2D eigenvalue weighted by Gasteiger charge is -2.21. The maximum absolute atomic E-state index is 13.3. The SMILES string of the molecule is CCOC(=O)c1c(CC(=O)OC)c2nc(-c3cc(NS(=O)O)ccc3O)nn2/c1=C\c1ccc(N(CC)CC)cc1C. The van der Waals surface area contributed by atoms with Crippen molar-refractivity contribution in [2.24, 2.45) is 0 Å². The summed E-state index contributed by atoms with van der Waals surface area (Å²) in [7, 11) is 1.25. The molecule has 13 heteroatoms. The number of aromatic nitrogens is 3. The van der Waals surface area contributed by atoms with Crippen molar-refractivity contribution in [3.05, 3.63) is 64.0 Å². The molecule has 0 saturated carbocycles. The first-order chi connectivity index (χ1) is 20.1. The number of fused-ring (bicyclic) bond motifs is 1. The Hall–Kier alpha value is -4.49. The van der Waals surface area contributed by atoms with Crippen LogP contribution in [-0.4, -0.2) is 67.2 Å². The Bertz CT molecular complexity index is 1720. The summed E-state index contributed by atoms with van der Waals surface area (Å²) in [5, 5.41) is 15.5. The quantitative estimate of drug-likeness (QED) is 0.134. The number of hydrogen-bond acceptors (Lipinski definition) is 9. The van der Waals surface area contributed by atoms with E-state index in [0.29, 0.717) is 5.35 Å². The number of carbonyl (C=O) groups excluding carboxylic acids is 2. The number of anilines is 2. The zero-order valence-corrected chi connectivity index (χ0v) is 24.8. The van der Waals surface area contributed by atoms with Crippen molar-refractivity contribution in [1.82, 2.24) is 14.6 Å². The van der Waals surface area contributed by atoms with Crippen molar-refractivity contribution in [1.29, 1.82) is 0 Å². The van der Waals surface area contributed by atoms with Crippen LogP contribution in [0.25, 0.3) is 23.1 Å². The number of methoxy groups -OCH3 is 1. The number of hydrogen-bond donors (Lipinski definition) is 3. The molecule has 12 nitrogen and oxygen atoms in total. The number of nitrogens with zero attached hydrogens (tertiary/aromatic N) is 4. The van der Waals surface area contributed by atoms with Gasteiger partial charge in [-0.1, -0.05) is 6.07 Å². The second-order valence-electron chi connectivity index (χ2n) is 9.32. The van der Waals surface area contributed by atoms with Crippen molar-refractivity contribution in [2.75, 3.05) is 36.4 Å². The Morgan fingerprint density at radius 3 is 2.50 bits per heavy atom. The predicted octanol–water partition coefficient (Wildman–Crippen LogP) is 3.25. The number of carbonyl (C=O) groups is 2. The van der Waals surface area contributed by atoms with Crippen LogP contribution in [0, 0.1) is 6.92 Å². The molecule has 222 valence electrons. The summed E-state index contributed by atoms with van der Waals surface area (Å²) < 4.78 is 34.6. The Morgan fingerprint density at radius 2 is 1.88 bits per heavy atom. The van der Waals surface area contributed by atoms with Crippen molar-refractivity contribution < 1.29 is 32.9 Å². The molecule has 2 aromatic heterocycles. The number of aryl methyl sites for hydroxylation is 1. The summed E-state index contributed by atoms with van der Waals surface area (Å²) in [4.78, 5) is 32.6. The Labute approximate surface area is 245 Å². The molecule has 4 aromatic rings. The van der Waals surface area contributed by atoms with Crippen LogP contribution in [0.15, 0.2) is 36.4 Å². The lowest BCUT2D eigenvalue weighted by molar-refractivity contribution is -0.139. The molecule has 0 aliphatic carbocycles. The summed E-state index contributed by atoms with van der Waals surface area (Å²) in [6, 6.07) is 10.2. The maximum Gasteiger partial charge on any atom is 0.340 e. The molecule has 0 fully saturated rings. The van der Waals surface area contributed by atoms with E-state index in [-0.39, 0.29) is 52.6 Å². The third kappa shape index (κ3) is 6.21. The number of esters is 2. The van der Waals surface area contributed by atoms with Gasteiger partial charge >= 0.3 is 11.9 Å². The summed E-state index contributed by atoms with van der Waals surface area (Å²) in [6.07, 6.45) is 1.50. The van der Waals surface area contributed by atoms with E-state index in [1.165, 1.54) is 29.8 Å². The Kier molecular flexibility index (Phi) is 9.43. The van der Waals surface area contributed by atoms with Crippen molar-refractivity contribution >= 4 is 46.3 Å². The minimum absolute atomic E-state index is 0.0691. The summed E-state index contributed by atoms with van der Waals surface area (Å²) in [5.41, 5.74) is 3.83. The maximum atomic E-state index is 13.3. The van der Waals surface area contributed by atoms with E-state index >= 15 is 0 Å². The van der Waals surface area contributed by atoms with E-state index in [4.69, 9.17) is 9.47 Å². The van der Waals surface area contributed by atoms with Crippen LogP contribution in [0.3, 0.4) is 0 Å². The van der Waals surface area contributed by atoms with Crippen LogP contribution in [0.4, 0.5) is 11.4 Å². The first-order valence-electron chi connectivity index (χ1n) is 13.3. The predicted molar refractivity (Wildman–Crippen MR) is 160 cm³/mol. The largest absolute Gasteiger partial charge is 0.507 e. The third-order valence-electron chi connectivity index (χ3n) is 6.81. The number of ether oxygens (including phenoxy) is 2. The number of rotatable bonds is 11. The average molecular weight is 596 g/mol. The van der Waals surface area contributed by atoms with Crippen LogP contribution in [0.5, 0.6) is 5.75 Å². The normalized spacial score (nSPS) is 12.4. The fourth-order valence-electron chi connectivity index (χ4n) is 4.74. The number of phenolic OH excluding ortho intramolecular Hbond substituents is 1. The summed E-state index contributed by atoms with van der Waals surface area (Å²) in [6.45, 7) is 9.64. The Morgan fingerprint density at radius 1 is 1.14 bits per heavy atom. The molecule has 4 rings (SSSR count). The van der Waals surface area contributed by atoms with Crippen LogP contribution >= 0.6 is 0 Å². The van der Waals surface area contributed by atoms with Gasteiger partial charge in [0, 0.05) is 30.0 Å². The van der Waals surface area contributed by atoms with Gasteiger partial charge in [-0.3, -0.25) is 14.1 Å². The van der Waals surface area contributed by atoms with E-state index in [1.54, 1.807) is 13.0 Å². The van der Waals surface area contributed by atoms with Crippen LogP contribution in [-0.2, 0) is 32.0 Å². The second kappa shape index (κ2) is 13.0. The standard InChI is InChI=1S/C29H33N5O7S/c1-6-33(7-2)20-11-9-18(17(4)13-20)14-23-26(29(37)41-8-3)22(16-25(36)40-5)28-30-27(31-34(23)28)21-15-19(32-42(38)39)10-12-24(21)35/h9-15,32,35H,6-8,16H2,1-5H3,(H,38,39)/b23-14-. The van der Waals surface area contributed by atoms with Gasteiger partial charge < -0.3 is 19.5 Å². The molecule has 1 atom stereocenters. The first kappa shape index (κ1) is 30.5. The molecule has 0 aliphatic heterocycles. The van der Waals surface area contributed by atoms with E-state index in [9.17, 15) is 23.5 Å². The topological polar surface area (TPSA) is 156 Å². The second-order valence-corrected chi connectivity index (χ2v) is 10.0. The van der Waals surface area contributed by atoms with Gasteiger partial charge in [0.25, 0.3) is 11.3 Å². The van der Waals surface area contributed by atoms with Crippen LogP contribution < -0.4 is 15.0 Å². The number of benzene rings is 2. The molecular formula is C29H33N5O7S. The first-order valence-corrected chi connectivity index (χ1v) is 14.5. The highest BCUT2D eigenvalue weighted by Crippen LogP contribution is 2.31. The van der Waals surface area contributed by atoms with Gasteiger partial charge in [-0.15, -0.1) is 5.10 Å². The third-order valence-corrected chi connectivity index (χ3v) is 7.22. The van der Waals surface area contributed by atoms with Gasteiger partial charge in [0.15, 0.2) is 11.5 Å². The lowest BCUT2D eigenvalue weighted by Crippen LogP contribution is -2.23. The van der Waals surface area contributed by atoms with Gasteiger partial charge in [0.2, 0.25) is 0 Å².